The van der Waals surface area contributed by atoms with E-state index in [2.05, 4.69) is 21.4 Å². The molecule has 0 aromatic rings. The Morgan fingerprint density at radius 1 is 1.17 bits per heavy atom. The van der Waals surface area contributed by atoms with Crippen LogP contribution < -0.4 is 0 Å². The molecule has 0 heterocycles. The van der Waals surface area contributed by atoms with Crippen LogP contribution >= 0.6 is 31.6 Å². The molecule has 0 N–H and O–H groups in total. The largest absolute Gasteiger partial charge is 0.0523 e. The Kier molecular flexibility index (Phi) is 85.1. The van der Waals surface area contributed by atoms with E-state index in [1.807, 2.05) is 0 Å². The molecule has 0 amide bonds. The predicted molar refractivity (Wildman–Crippen MR) is 36.6 cm³/mol. The van der Waals surface area contributed by atoms with Crippen LogP contribution in [-0.4, -0.2) is 112 Å². The van der Waals surface area contributed by atoms with Crippen LogP contribution in [0.1, 0.15) is 0 Å². The third kappa shape index (κ3) is 23.8. The molecule has 6 heavy (non-hydrogen) atoms. The minimum atomic E-state index is 0. The summed E-state index contributed by atoms with van der Waals surface area (Å²) < 4.78 is 0. The second-order valence-electron chi connectivity index (χ2n) is 0.0583. The molecule has 0 unspecified atom stereocenters. The number of hydrogen-bond acceptors (Lipinski definition) is 1. The first-order chi connectivity index (χ1) is 1.41. The molecule has 0 aromatic carbocycles. The summed E-state index contributed by atoms with van der Waals surface area (Å²) in [6.45, 7) is 0. The fourth-order valence-corrected chi connectivity index (χ4v) is 0. The van der Waals surface area contributed by atoms with Crippen LogP contribution in [0.3, 0.4) is 0 Å². The van der Waals surface area contributed by atoms with Gasteiger partial charge in [-0.15, -0.1) is 0 Å². The predicted octanol–water partition coefficient (Wildman–Crippen LogP) is 0.885. The molecule has 6 heteroatoms. The summed E-state index contributed by atoms with van der Waals surface area (Å²) >= 11 is 0. The van der Waals surface area contributed by atoms with Crippen molar-refractivity contribution in [3.63, 3.8) is 0 Å². The summed E-state index contributed by atoms with van der Waals surface area (Å²) in [7, 11) is 10.1. The topological polar surface area (TPSA) is 0 Å². The molecule has 0 aromatic heterocycles. The van der Waals surface area contributed by atoms with Gasteiger partial charge in [-0.2, -0.15) is 0 Å². The quantitative estimate of drug-likeness (QED) is 0.595. The average Bonchev–Trinajstić information content (AvgIpc) is 0.918. The van der Waals surface area contributed by atoms with Crippen LogP contribution in [0.2, 0.25) is 0 Å². The first-order valence-corrected chi connectivity index (χ1v) is 2.78. The van der Waals surface area contributed by atoms with Gasteiger partial charge in [-0.3, -0.25) is 0 Å². The fourth-order valence-electron chi connectivity index (χ4n) is 0. The molecule has 0 saturated carbocycles. The Balaban J connectivity index is -0.00000000667. The van der Waals surface area contributed by atoms with Crippen LogP contribution in [-0.2, 0) is 0 Å². The molecule has 26 valence electrons. The van der Waals surface area contributed by atoms with Crippen molar-refractivity contribution in [2.24, 2.45) is 0 Å². The Hall–Kier alpha value is 4.38. The first-order valence-electron chi connectivity index (χ1n) is 0.309. The summed E-state index contributed by atoms with van der Waals surface area (Å²) in [5.41, 5.74) is 0. The Morgan fingerprint density at radius 2 is 1.17 bits per heavy atom. The summed E-state index contributed by atoms with van der Waals surface area (Å²) in [4.78, 5) is 0. The van der Waals surface area contributed by atoms with Gasteiger partial charge in [0.25, 0.3) is 0 Å². The molecule has 0 fully saturated rings. The molecular weight excluding hydrogens is 330 g/mol. The van der Waals surface area contributed by atoms with E-state index in [1.54, 1.807) is 0 Å². The van der Waals surface area contributed by atoms with Gasteiger partial charge in [0.15, 0.2) is 0 Å². The molecule has 0 spiro atoms. The van der Waals surface area contributed by atoms with E-state index in [4.69, 9.17) is 0 Å². The molecule has 0 aliphatic heterocycles. The molecule has 0 aliphatic carbocycles. The van der Waals surface area contributed by atoms with Gasteiger partial charge in [0.2, 0.25) is 0 Å². The molecule has 0 saturated heterocycles. The van der Waals surface area contributed by atoms with Gasteiger partial charge in [0.1, 0.15) is 0 Å². The van der Waals surface area contributed by atoms with Crippen molar-refractivity contribution in [2.45, 2.75) is 0 Å². The van der Waals surface area contributed by atoms with Crippen LogP contribution in [0.25, 0.3) is 0 Å². The minimum Gasteiger partial charge on any atom is -0.0261 e. The van der Waals surface area contributed by atoms with E-state index in [0.29, 0.717) is 10.2 Å². The van der Waals surface area contributed by atoms with Gasteiger partial charge in [-0.1, -0.05) is 0 Å². The zero-order valence-corrected chi connectivity index (χ0v) is 15.9. The monoisotopic (exact) mass is 328 g/mol. The van der Waals surface area contributed by atoms with E-state index in [9.17, 15) is 0 Å². The van der Waals surface area contributed by atoms with Crippen LogP contribution in [0.4, 0.5) is 0 Å². The van der Waals surface area contributed by atoms with Crippen molar-refractivity contribution in [3.05, 3.63) is 0 Å². The fraction of sp³-hybridized carbons (Fsp3) is 0. The van der Waals surface area contributed by atoms with Gasteiger partial charge in [-0.25, -0.2) is 0 Å². The van der Waals surface area contributed by atoms with Crippen molar-refractivity contribution in [3.8, 4) is 0 Å². The maximum absolute atomic E-state index is 4.68. The zero-order valence-electron chi connectivity index (χ0n) is 3.45. The maximum Gasteiger partial charge on any atom is 0.0523 e. The van der Waals surface area contributed by atoms with Crippen molar-refractivity contribution >= 4 is 143 Å². The van der Waals surface area contributed by atoms with E-state index >= 15 is 0 Å². The zero-order chi connectivity index (χ0) is 2.71. The van der Waals surface area contributed by atoms with Crippen LogP contribution in [0.5, 0.6) is 0 Å². The maximum atomic E-state index is 4.68. The molecule has 0 atom stereocenters. The van der Waals surface area contributed by atoms with Crippen molar-refractivity contribution in [1.29, 1.82) is 0 Å². The van der Waals surface area contributed by atoms with Crippen molar-refractivity contribution in [2.75, 3.05) is 0 Å². The number of rotatable bonds is 0. The van der Waals surface area contributed by atoms with E-state index < -0.39 is 0 Å². The second kappa shape index (κ2) is 22.8. The van der Waals surface area contributed by atoms with E-state index in [-0.39, 0.29) is 112 Å². The Morgan fingerprint density at radius 3 is 1.17 bits per heavy atom. The van der Waals surface area contributed by atoms with Crippen LogP contribution in [0.15, 0.2) is 0 Å². The smallest absolute Gasteiger partial charge is 0.0261 e. The second-order valence-corrected chi connectivity index (χ2v) is 1.57. The summed E-state index contributed by atoms with van der Waals surface area (Å²) in [6.07, 6.45) is 0. The van der Waals surface area contributed by atoms with Gasteiger partial charge in [0.05, 0.1) is 10.2 Å². The normalized spacial score (nSPS) is 3.00. The minimum absolute atomic E-state index is 0. The van der Waals surface area contributed by atoms with Gasteiger partial charge >= 0.3 is 0 Å². The summed E-state index contributed by atoms with van der Waals surface area (Å²) in [6, 6.07) is 0. The van der Waals surface area contributed by atoms with Crippen molar-refractivity contribution < 1.29 is 0 Å². The van der Waals surface area contributed by atoms with Gasteiger partial charge in [0, 0.05) is 112 Å². The third-order valence-electron chi connectivity index (χ3n) is 0. The standard InChI is InChI=1S/Cl2S.Cs.Ga.Mg/c1-3-2;;;. The summed E-state index contributed by atoms with van der Waals surface area (Å²) in [5, 5.41) is 0. The van der Waals surface area contributed by atoms with Crippen molar-refractivity contribution in [1.82, 2.24) is 0 Å². The SMILES string of the molecule is ClSCl.[Cs].[Ga].[Mg]. The number of hydrogen-bond donors (Lipinski definition) is 0. The van der Waals surface area contributed by atoms with Gasteiger partial charge < -0.3 is 0 Å². The Bertz CT molecular complexity index is 13.5. The van der Waals surface area contributed by atoms with E-state index in [0.717, 1.165) is 0 Å². The van der Waals surface area contributed by atoms with Crippen LogP contribution in [0, 0.1) is 0 Å². The average molecular weight is 330 g/mol. The third-order valence-corrected chi connectivity index (χ3v) is 0. The molecule has 0 nitrogen and oxygen atoms in total. The Labute approximate surface area is 139 Å². The molecule has 0 aliphatic rings. The number of halogens is 2. The molecule has 0 bridgehead atoms. The van der Waals surface area contributed by atoms with E-state index in [1.165, 1.54) is 0 Å². The summed E-state index contributed by atoms with van der Waals surface area (Å²) in [5.74, 6) is 0. The molecule has 0 rings (SSSR count). The first kappa shape index (κ1) is 22.4. The molecular formula is Cl2CsGaMgS. The van der Waals surface area contributed by atoms with Gasteiger partial charge in [-0.05, 0) is 21.4 Å². The molecule has 6 radical (unpaired) electrons.